The molecule has 1 aliphatic rings. The van der Waals surface area contributed by atoms with Crippen molar-refractivity contribution in [3.8, 4) is 0 Å². The summed E-state index contributed by atoms with van der Waals surface area (Å²) < 4.78 is 0. The van der Waals surface area contributed by atoms with Gasteiger partial charge in [0.05, 0.1) is 0 Å². The highest BCUT2D eigenvalue weighted by molar-refractivity contribution is 5.75. The van der Waals surface area contributed by atoms with Crippen LogP contribution in [0.25, 0.3) is 0 Å². The van der Waals surface area contributed by atoms with Gasteiger partial charge in [-0.2, -0.15) is 0 Å². The third-order valence-corrected chi connectivity index (χ3v) is 2.04. The first-order valence-electron chi connectivity index (χ1n) is 4.08. The zero-order valence-corrected chi connectivity index (χ0v) is 6.71. The van der Waals surface area contributed by atoms with Crippen LogP contribution in [0.15, 0.2) is 12.3 Å². The molecule has 0 aromatic carbocycles. The summed E-state index contributed by atoms with van der Waals surface area (Å²) in [5, 5.41) is 3.19. The standard InChI is InChI=1S/C9H10N2O/c12-6-7-4-8-2-1-3-10-9(8)11-5-7/h4-6H,1-3H2,(H,10,11). The zero-order chi connectivity index (χ0) is 8.39. The molecular weight excluding hydrogens is 152 g/mol. The van der Waals surface area contributed by atoms with Crippen molar-refractivity contribution in [1.82, 2.24) is 4.98 Å². The Morgan fingerprint density at radius 2 is 2.50 bits per heavy atom. The van der Waals surface area contributed by atoms with Crippen LogP contribution in [-0.2, 0) is 6.42 Å². The summed E-state index contributed by atoms with van der Waals surface area (Å²) in [6.45, 7) is 0.987. The van der Waals surface area contributed by atoms with Gasteiger partial charge in [0.25, 0.3) is 0 Å². The van der Waals surface area contributed by atoms with Gasteiger partial charge >= 0.3 is 0 Å². The maximum Gasteiger partial charge on any atom is 0.151 e. The number of nitrogens with zero attached hydrogens (tertiary/aromatic N) is 1. The molecule has 3 nitrogen and oxygen atoms in total. The van der Waals surface area contributed by atoms with E-state index in [-0.39, 0.29) is 0 Å². The highest BCUT2D eigenvalue weighted by Crippen LogP contribution is 2.19. The van der Waals surface area contributed by atoms with E-state index < -0.39 is 0 Å². The van der Waals surface area contributed by atoms with Crippen molar-refractivity contribution in [2.45, 2.75) is 12.8 Å². The van der Waals surface area contributed by atoms with E-state index in [1.807, 2.05) is 6.07 Å². The van der Waals surface area contributed by atoms with E-state index in [1.54, 1.807) is 6.20 Å². The number of rotatable bonds is 1. The van der Waals surface area contributed by atoms with Crippen LogP contribution in [0.5, 0.6) is 0 Å². The van der Waals surface area contributed by atoms with E-state index in [0.29, 0.717) is 5.56 Å². The maximum atomic E-state index is 10.4. The second kappa shape index (κ2) is 2.93. The predicted octanol–water partition coefficient (Wildman–Crippen LogP) is 1.25. The minimum Gasteiger partial charge on any atom is -0.370 e. The number of carbonyl (C=O) groups is 1. The minimum absolute atomic E-state index is 0.664. The van der Waals surface area contributed by atoms with Crippen molar-refractivity contribution in [1.29, 1.82) is 0 Å². The molecule has 1 N–H and O–H groups in total. The lowest BCUT2D eigenvalue weighted by atomic mass is 10.1. The second-order valence-corrected chi connectivity index (χ2v) is 2.92. The van der Waals surface area contributed by atoms with Gasteiger partial charge < -0.3 is 5.32 Å². The van der Waals surface area contributed by atoms with Crippen LogP contribution in [0.2, 0.25) is 0 Å². The quantitative estimate of drug-likeness (QED) is 0.632. The lowest BCUT2D eigenvalue weighted by Crippen LogP contribution is -2.13. The van der Waals surface area contributed by atoms with Crippen LogP contribution in [0.3, 0.4) is 0 Å². The molecule has 2 heterocycles. The monoisotopic (exact) mass is 162 g/mol. The lowest BCUT2D eigenvalue weighted by molar-refractivity contribution is 0.112. The van der Waals surface area contributed by atoms with Crippen LogP contribution >= 0.6 is 0 Å². The molecule has 62 valence electrons. The van der Waals surface area contributed by atoms with Crippen LogP contribution in [0.1, 0.15) is 22.3 Å². The Hall–Kier alpha value is -1.38. The Bertz CT molecular complexity index is 309. The fourth-order valence-electron chi connectivity index (χ4n) is 1.43. The number of aromatic nitrogens is 1. The summed E-state index contributed by atoms with van der Waals surface area (Å²) in [7, 11) is 0. The Morgan fingerprint density at radius 3 is 3.33 bits per heavy atom. The number of fused-ring (bicyclic) bond motifs is 1. The van der Waals surface area contributed by atoms with E-state index in [0.717, 1.165) is 37.1 Å². The van der Waals surface area contributed by atoms with E-state index in [4.69, 9.17) is 0 Å². The molecule has 1 aromatic heterocycles. The van der Waals surface area contributed by atoms with Gasteiger partial charge in [0.2, 0.25) is 0 Å². The van der Waals surface area contributed by atoms with E-state index >= 15 is 0 Å². The number of nitrogens with one attached hydrogen (secondary N) is 1. The second-order valence-electron chi connectivity index (χ2n) is 2.92. The van der Waals surface area contributed by atoms with E-state index in [1.165, 1.54) is 0 Å². The van der Waals surface area contributed by atoms with Crippen LogP contribution < -0.4 is 5.32 Å². The van der Waals surface area contributed by atoms with Crippen molar-refractivity contribution in [2.24, 2.45) is 0 Å². The van der Waals surface area contributed by atoms with Crippen molar-refractivity contribution in [2.75, 3.05) is 11.9 Å². The van der Waals surface area contributed by atoms with Crippen LogP contribution in [-0.4, -0.2) is 17.8 Å². The van der Waals surface area contributed by atoms with Crippen molar-refractivity contribution in [3.63, 3.8) is 0 Å². The summed E-state index contributed by atoms with van der Waals surface area (Å²) in [4.78, 5) is 14.6. The molecule has 0 bridgehead atoms. The zero-order valence-electron chi connectivity index (χ0n) is 6.71. The normalized spacial score (nSPS) is 14.7. The molecule has 0 atom stereocenters. The fourth-order valence-corrected chi connectivity index (χ4v) is 1.43. The molecule has 1 aromatic rings. The van der Waals surface area contributed by atoms with Crippen LogP contribution in [0.4, 0.5) is 5.82 Å². The molecule has 0 aliphatic carbocycles. The molecule has 0 spiro atoms. The molecule has 0 unspecified atom stereocenters. The van der Waals surface area contributed by atoms with Gasteiger partial charge in [0.1, 0.15) is 5.82 Å². The van der Waals surface area contributed by atoms with Gasteiger partial charge in [0.15, 0.2) is 6.29 Å². The maximum absolute atomic E-state index is 10.4. The fraction of sp³-hybridized carbons (Fsp3) is 0.333. The molecule has 12 heavy (non-hydrogen) atoms. The van der Waals surface area contributed by atoms with Crippen molar-refractivity contribution < 1.29 is 4.79 Å². The number of anilines is 1. The predicted molar refractivity (Wildman–Crippen MR) is 46.4 cm³/mol. The van der Waals surface area contributed by atoms with Gasteiger partial charge in [-0.25, -0.2) is 4.98 Å². The summed E-state index contributed by atoms with van der Waals surface area (Å²) in [5.41, 5.74) is 1.82. The first-order chi connectivity index (χ1) is 5.90. The summed E-state index contributed by atoms with van der Waals surface area (Å²) >= 11 is 0. The number of pyridine rings is 1. The minimum atomic E-state index is 0.664. The van der Waals surface area contributed by atoms with Gasteiger partial charge in [-0.05, 0) is 24.5 Å². The largest absolute Gasteiger partial charge is 0.370 e. The molecule has 2 rings (SSSR count). The first-order valence-corrected chi connectivity index (χ1v) is 4.08. The number of aldehydes is 1. The SMILES string of the molecule is O=Cc1cnc2c(c1)CCCN2. The Balaban J connectivity index is 2.42. The molecule has 1 aliphatic heterocycles. The van der Waals surface area contributed by atoms with Crippen LogP contribution in [0, 0.1) is 0 Å². The average Bonchev–Trinajstić information content (AvgIpc) is 2.17. The Labute approximate surface area is 70.8 Å². The lowest BCUT2D eigenvalue weighted by Gasteiger charge is -2.16. The number of carbonyl (C=O) groups excluding carboxylic acids is 1. The summed E-state index contributed by atoms with van der Waals surface area (Å²) in [6, 6.07) is 1.90. The number of hydrogen-bond acceptors (Lipinski definition) is 3. The Morgan fingerprint density at radius 1 is 1.58 bits per heavy atom. The van der Waals surface area contributed by atoms with E-state index in [9.17, 15) is 4.79 Å². The molecule has 0 saturated carbocycles. The Kier molecular flexibility index (Phi) is 1.78. The molecule has 0 amide bonds. The third-order valence-electron chi connectivity index (χ3n) is 2.04. The van der Waals surface area contributed by atoms with Gasteiger partial charge in [0, 0.05) is 18.3 Å². The molecule has 0 saturated heterocycles. The average molecular weight is 162 g/mol. The molecule has 3 heteroatoms. The summed E-state index contributed by atoms with van der Waals surface area (Å²) in [6.07, 6.45) is 4.58. The van der Waals surface area contributed by atoms with Gasteiger partial charge in [-0.1, -0.05) is 0 Å². The first kappa shape index (κ1) is 7.28. The summed E-state index contributed by atoms with van der Waals surface area (Å²) in [5.74, 6) is 0.937. The molecule has 0 fully saturated rings. The van der Waals surface area contributed by atoms with Crippen molar-refractivity contribution in [3.05, 3.63) is 23.4 Å². The molecule has 0 radical (unpaired) electrons. The van der Waals surface area contributed by atoms with Crippen molar-refractivity contribution >= 4 is 12.1 Å². The number of hydrogen-bond donors (Lipinski definition) is 1. The number of aryl methyl sites for hydroxylation is 1. The molecular formula is C9H10N2O. The van der Waals surface area contributed by atoms with E-state index in [2.05, 4.69) is 10.3 Å². The van der Waals surface area contributed by atoms with Gasteiger partial charge in [-0.15, -0.1) is 0 Å². The highest BCUT2D eigenvalue weighted by atomic mass is 16.1. The topological polar surface area (TPSA) is 42.0 Å². The highest BCUT2D eigenvalue weighted by Gasteiger charge is 2.09. The third kappa shape index (κ3) is 1.18. The smallest absolute Gasteiger partial charge is 0.151 e. The van der Waals surface area contributed by atoms with Gasteiger partial charge in [-0.3, -0.25) is 4.79 Å².